The molecule has 1 heterocycles. The Morgan fingerprint density at radius 1 is 1.10 bits per heavy atom. The second-order valence-corrected chi connectivity index (χ2v) is 6.29. The molecular weight excluding hydrogens is 264 g/mol. The maximum Gasteiger partial charge on any atom is 0.136 e. The molecule has 3 N–H and O–H groups in total. The molecule has 1 aromatic heterocycles. The highest BCUT2D eigenvalue weighted by Gasteiger charge is 2.28. The van der Waals surface area contributed by atoms with Crippen LogP contribution in [0.25, 0.3) is 0 Å². The minimum absolute atomic E-state index is 0.163. The molecule has 2 saturated carbocycles. The molecule has 0 bridgehead atoms. The SMILES string of the molecule is CCNc1cc(NCC2CCCCC2O)nc(C2CC2)n1. The molecule has 0 spiro atoms. The van der Waals surface area contributed by atoms with Gasteiger partial charge < -0.3 is 15.7 Å². The minimum atomic E-state index is -0.163. The molecule has 2 fully saturated rings. The molecule has 0 saturated heterocycles. The van der Waals surface area contributed by atoms with Gasteiger partial charge in [0, 0.05) is 31.0 Å². The average Bonchev–Trinajstić information content (AvgIpc) is 3.31. The van der Waals surface area contributed by atoms with Gasteiger partial charge >= 0.3 is 0 Å². The molecule has 0 aliphatic heterocycles. The van der Waals surface area contributed by atoms with Crippen LogP contribution in [0.3, 0.4) is 0 Å². The Hall–Kier alpha value is -1.36. The quantitative estimate of drug-likeness (QED) is 0.751. The zero-order valence-electron chi connectivity index (χ0n) is 12.8. The number of hydrogen-bond acceptors (Lipinski definition) is 5. The van der Waals surface area contributed by atoms with Crippen LogP contribution in [-0.4, -0.2) is 34.3 Å². The van der Waals surface area contributed by atoms with E-state index in [4.69, 9.17) is 0 Å². The Morgan fingerprint density at radius 2 is 1.81 bits per heavy atom. The molecule has 0 radical (unpaired) electrons. The molecule has 2 atom stereocenters. The van der Waals surface area contributed by atoms with Crippen LogP contribution < -0.4 is 10.6 Å². The summed E-state index contributed by atoms with van der Waals surface area (Å²) in [4.78, 5) is 9.23. The summed E-state index contributed by atoms with van der Waals surface area (Å²) in [7, 11) is 0. The second kappa shape index (κ2) is 6.60. The largest absolute Gasteiger partial charge is 0.393 e. The number of nitrogens with zero attached hydrogens (tertiary/aromatic N) is 2. The molecule has 116 valence electrons. The summed E-state index contributed by atoms with van der Waals surface area (Å²) in [6.07, 6.45) is 6.67. The van der Waals surface area contributed by atoms with E-state index in [0.717, 1.165) is 49.8 Å². The number of rotatable bonds is 6. The number of aliphatic hydroxyl groups is 1. The van der Waals surface area contributed by atoms with Crippen molar-refractivity contribution in [3.8, 4) is 0 Å². The lowest BCUT2D eigenvalue weighted by atomic mass is 9.86. The van der Waals surface area contributed by atoms with Crippen LogP contribution in [0.5, 0.6) is 0 Å². The Kier molecular flexibility index (Phi) is 4.58. The highest BCUT2D eigenvalue weighted by Crippen LogP contribution is 2.38. The third-order valence-electron chi connectivity index (χ3n) is 4.46. The van der Waals surface area contributed by atoms with Gasteiger partial charge in [-0.2, -0.15) is 0 Å². The first kappa shape index (κ1) is 14.6. The third-order valence-corrected chi connectivity index (χ3v) is 4.46. The van der Waals surface area contributed by atoms with Crippen LogP contribution in [-0.2, 0) is 0 Å². The summed E-state index contributed by atoms with van der Waals surface area (Å²) in [6.45, 7) is 3.74. The fourth-order valence-corrected chi connectivity index (χ4v) is 3.01. The molecule has 21 heavy (non-hydrogen) atoms. The number of anilines is 2. The summed E-state index contributed by atoms with van der Waals surface area (Å²) < 4.78 is 0. The molecular formula is C16H26N4O. The van der Waals surface area contributed by atoms with Crippen molar-refractivity contribution in [3.05, 3.63) is 11.9 Å². The molecule has 5 heteroatoms. The number of aliphatic hydroxyl groups excluding tert-OH is 1. The van der Waals surface area contributed by atoms with Gasteiger partial charge in [-0.25, -0.2) is 9.97 Å². The summed E-state index contributed by atoms with van der Waals surface area (Å²) in [5.74, 6) is 3.65. The van der Waals surface area contributed by atoms with E-state index in [-0.39, 0.29) is 6.10 Å². The summed E-state index contributed by atoms with van der Waals surface area (Å²) in [5.41, 5.74) is 0. The van der Waals surface area contributed by atoms with Crippen molar-refractivity contribution in [3.63, 3.8) is 0 Å². The Bertz CT molecular complexity index is 475. The van der Waals surface area contributed by atoms with E-state index in [9.17, 15) is 5.11 Å². The fraction of sp³-hybridized carbons (Fsp3) is 0.750. The maximum absolute atomic E-state index is 10.1. The predicted molar refractivity (Wildman–Crippen MR) is 84.6 cm³/mol. The van der Waals surface area contributed by atoms with E-state index in [1.807, 2.05) is 6.07 Å². The second-order valence-electron chi connectivity index (χ2n) is 6.29. The number of nitrogens with one attached hydrogen (secondary N) is 2. The van der Waals surface area contributed by atoms with Gasteiger partial charge in [-0.05, 0) is 32.6 Å². The van der Waals surface area contributed by atoms with Crippen molar-refractivity contribution in [2.24, 2.45) is 5.92 Å². The van der Waals surface area contributed by atoms with Crippen molar-refractivity contribution >= 4 is 11.6 Å². The lowest BCUT2D eigenvalue weighted by Gasteiger charge is -2.27. The standard InChI is InChI=1S/C16H26N4O/c1-2-17-14-9-15(20-16(19-14)11-7-8-11)18-10-12-5-3-4-6-13(12)21/h9,11-13,21H,2-8,10H2,1H3,(H2,17,18,19,20). The molecule has 5 nitrogen and oxygen atoms in total. The Labute approximate surface area is 126 Å². The van der Waals surface area contributed by atoms with Gasteiger partial charge in [0.05, 0.1) is 6.10 Å². The van der Waals surface area contributed by atoms with E-state index in [1.165, 1.54) is 19.3 Å². The van der Waals surface area contributed by atoms with Crippen molar-refractivity contribution < 1.29 is 5.11 Å². The Balaban J connectivity index is 1.65. The molecule has 1 aromatic rings. The third kappa shape index (κ3) is 3.84. The highest BCUT2D eigenvalue weighted by molar-refractivity contribution is 5.48. The first-order valence-electron chi connectivity index (χ1n) is 8.31. The summed E-state index contributed by atoms with van der Waals surface area (Å²) >= 11 is 0. The monoisotopic (exact) mass is 290 g/mol. The predicted octanol–water partition coefficient (Wildman–Crippen LogP) is 2.75. The van der Waals surface area contributed by atoms with E-state index in [1.54, 1.807) is 0 Å². The van der Waals surface area contributed by atoms with Crippen LogP contribution >= 0.6 is 0 Å². The first-order valence-corrected chi connectivity index (χ1v) is 8.31. The molecule has 2 unspecified atom stereocenters. The van der Waals surface area contributed by atoms with Crippen molar-refractivity contribution in [1.29, 1.82) is 0 Å². The zero-order valence-corrected chi connectivity index (χ0v) is 12.8. The number of hydrogen-bond donors (Lipinski definition) is 3. The van der Waals surface area contributed by atoms with Crippen LogP contribution in [0.1, 0.15) is 57.2 Å². The normalized spacial score (nSPS) is 25.6. The molecule has 0 aromatic carbocycles. The fourth-order valence-electron chi connectivity index (χ4n) is 3.01. The van der Waals surface area contributed by atoms with Gasteiger partial charge in [0.2, 0.25) is 0 Å². The molecule has 3 rings (SSSR count). The average molecular weight is 290 g/mol. The Morgan fingerprint density at radius 3 is 2.48 bits per heavy atom. The van der Waals surface area contributed by atoms with E-state index in [0.29, 0.717) is 11.8 Å². The van der Waals surface area contributed by atoms with Crippen LogP contribution in [0, 0.1) is 5.92 Å². The maximum atomic E-state index is 10.1. The highest BCUT2D eigenvalue weighted by atomic mass is 16.3. The topological polar surface area (TPSA) is 70.1 Å². The molecule has 0 amide bonds. The van der Waals surface area contributed by atoms with Crippen LogP contribution in [0.4, 0.5) is 11.6 Å². The number of aromatic nitrogens is 2. The van der Waals surface area contributed by atoms with Gasteiger partial charge in [-0.15, -0.1) is 0 Å². The van der Waals surface area contributed by atoms with E-state index >= 15 is 0 Å². The van der Waals surface area contributed by atoms with Gasteiger partial charge in [0.15, 0.2) is 0 Å². The van der Waals surface area contributed by atoms with Gasteiger partial charge in [0.1, 0.15) is 17.5 Å². The van der Waals surface area contributed by atoms with Crippen LogP contribution in [0.15, 0.2) is 6.07 Å². The molecule has 2 aliphatic carbocycles. The summed E-state index contributed by atoms with van der Waals surface area (Å²) in [6, 6.07) is 1.98. The van der Waals surface area contributed by atoms with Crippen molar-refractivity contribution in [1.82, 2.24) is 9.97 Å². The smallest absolute Gasteiger partial charge is 0.136 e. The van der Waals surface area contributed by atoms with E-state index < -0.39 is 0 Å². The molecule has 2 aliphatic rings. The van der Waals surface area contributed by atoms with Gasteiger partial charge in [-0.3, -0.25) is 0 Å². The van der Waals surface area contributed by atoms with Crippen LogP contribution in [0.2, 0.25) is 0 Å². The summed E-state index contributed by atoms with van der Waals surface area (Å²) in [5, 5.41) is 16.7. The van der Waals surface area contributed by atoms with Gasteiger partial charge in [0.25, 0.3) is 0 Å². The minimum Gasteiger partial charge on any atom is -0.393 e. The van der Waals surface area contributed by atoms with Crippen molar-refractivity contribution in [2.45, 2.75) is 57.5 Å². The van der Waals surface area contributed by atoms with Gasteiger partial charge in [-0.1, -0.05) is 12.8 Å². The lowest BCUT2D eigenvalue weighted by molar-refractivity contribution is 0.0763. The van der Waals surface area contributed by atoms with E-state index in [2.05, 4.69) is 27.5 Å². The zero-order chi connectivity index (χ0) is 14.7. The lowest BCUT2D eigenvalue weighted by Crippen LogP contribution is -2.30. The first-order chi connectivity index (χ1) is 10.3. The van der Waals surface area contributed by atoms with Crippen molar-refractivity contribution in [2.75, 3.05) is 23.7 Å².